The lowest BCUT2D eigenvalue weighted by molar-refractivity contribution is -0.116. The third kappa shape index (κ3) is 3.92. The molecule has 7 nitrogen and oxygen atoms in total. The maximum Gasteiger partial charge on any atom is 0.245 e. The molecule has 0 bridgehead atoms. The Hall–Kier alpha value is -3.74. The fourth-order valence-electron chi connectivity index (χ4n) is 2.84. The summed E-state index contributed by atoms with van der Waals surface area (Å²) in [5.41, 5.74) is 2.86. The third-order valence-electron chi connectivity index (χ3n) is 4.08. The van der Waals surface area contributed by atoms with Gasteiger partial charge in [-0.3, -0.25) is 9.78 Å². The van der Waals surface area contributed by atoms with E-state index in [-0.39, 0.29) is 12.5 Å². The molecule has 27 heavy (non-hydrogen) atoms. The third-order valence-corrected chi connectivity index (χ3v) is 4.08. The summed E-state index contributed by atoms with van der Waals surface area (Å²) in [7, 11) is 0. The van der Waals surface area contributed by atoms with Crippen LogP contribution in [-0.2, 0) is 17.9 Å². The van der Waals surface area contributed by atoms with Gasteiger partial charge >= 0.3 is 0 Å². The van der Waals surface area contributed by atoms with Crippen LogP contribution in [0.15, 0.2) is 73.2 Å². The Kier molecular flexibility index (Phi) is 4.74. The SMILES string of the molecule is O=C(Cn1c(NCc2ccccc2)nc2ccccc21)Nc1cnccn1. The van der Waals surface area contributed by atoms with E-state index in [1.165, 1.54) is 12.4 Å². The number of para-hydroxylation sites is 2. The Bertz CT molecular complexity index is 1050. The van der Waals surface area contributed by atoms with E-state index in [1.54, 1.807) is 6.20 Å². The van der Waals surface area contributed by atoms with Crippen molar-refractivity contribution < 1.29 is 4.79 Å². The average molecular weight is 358 g/mol. The van der Waals surface area contributed by atoms with Crippen LogP contribution in [0, 0.1) is 0 Å². The van der Waals surface area contributed by atoms with Crippen molar-refractivity contribution in [3.63, 3.8) is 0 Å². The zero-order valence-electron chi connectivity index (χ0n) is 14.5. The van der Waals surface area contributed by atoms with Crippen molar-refractivity contribution in [3.05, 3.63) is 78.8 Å². The number of imidazole rings is 1. The molecule has 0 aliphatic heterocycles. The summed E-state index contributed by atoms with van der Waals surface area (Å²) in [5.74, 6) is 0.876. The first kappa shape index (κ1) is 16.7. The van der Waals surface area contributed by atoms with Gasteiger partial charge in [-0.1, -0.05) is 42.5 Å². The van der Waals surface area contributed by atoms with Crippen LogP contribution < -0.4 is 10.6 Å². The molecule has 2 N–H and O–H groups in total. The number of anilines is 2. The van der Waals surface area contributed by atoms with Crippen molar-refractivity contribution in [2.24, 2.45) is 0 Å². The van der Waals surface area contributed by atoms with Gasteiger partial charge in [0.05, 0.1) is 17.2 Å². The van der Waals surface area contributed by atoms with E-state index in [0.717, 1.165) is 16.6 Å². The van der Waals surface area contributed by atoms with E-state index in [4.69, 9.17) is 0 Å². The molecule has 0 saturated heterocycles. The van der Waals surface area contributed by atoms with Gasteiger partial charge in [-0.25, -0.2) is 9.97 Å². The molecular formula is C20H18N6O. The molecule has 4 rings (SSSR count). The number of nitrogens with one attached hydrogen (secondary N) is 2. The second kappa shape index (κ2) is 7.65. The highest BCUT2D eigenvalue weighted by molar-refractivity contribution is 5.91. The van der Waals surface area contributed by atoms with E-state index in [9.17, 15) is 4.79 Å². The molecule has 0 atom stereocenters. The van der Waals surface area contributed by atoms with Crippen LogP contribution in [0.1, 0.15) is 5.56 Å². The fraction of sp³-hybridized carbons (Fsp3) is 0.100. The monoisotopic (exact) mass is 358 g/mol. The molecular weight excluding hydrogens is 340 g/mol. The van der Waals surface area contributed by atoms with Crippen LogP contribution >= 0.6 is 0 Å². The number of nitrogens with zero attached hydrogens (tertiary/aromatic N) is 4. The van der Waals surface area contributed by atoms with E-state index in [0.29, 0.717) is 18.3 Å². The van der Waals surface area contributed by atoms with Gasteiger partial charge in [0.2, 0.25) is 11.9 Å². The number of amides is 1. The van der Waals surface area contributed by atoms with Crippen molar-refractivity contribution in [2.45, 2.75) is 13.1 Å². The Morgan fingerprint density at radius 3 is 2.63 bits per heavy atom. The highest BCUT2D eigenvalue weighted by atomic mass is 16.2. The van der Waals surface area contributed by atoms with Crippen molar-refractivity contribution >= 4 is 28.7 Å². The molecule has 0 saturated carbocycles. The van der Waals surface area contributed by atoms with Crippen LogP contribution in [0.5, 0.6) is 0 Å². The Labute approximate surface area is 156 Å². The van der Waals surface area contributed by atoms with Crippen LogP contribution in [0.3, 0.4) is 0 Å². The maximum absolute atomic E-state index is 12.5. The average Bonchev–Trinajstić information content (AvgIpc) is 3.05. The maximum atomic E-state index is 12.5. The molecule has 0 spiro atoms. The molecule has 2 aromatic carbocycles. The molecule has 0 fully saturated rings. The van der Waals surface area contributed by atoms with Gasteiger partial charge in [-0.05, 0) is 17.7 Å². The zero-order chi connectivity index (χ0) is 18.5. The van der Waals surface area contributed by atoms with Gasteiger partial charge in [-0.2, -0.15) is 0 Å². The summed E-state index contributed by atoms with van der Waals surface area (Å²) in [6.45, 7) is 0.740. The number of fused-ring (bicyclic) bond motifs is 1. The highest BCUT2D eigenvalue weighted by Crippen LogP contribution is 2.20. The van der Waals surface area contributed by atoms with E-state index in [2.05, 4.69) is 25.6 Å². The molecule has 7 heteroatoms. The van der Waals surface area contributed by atoms with Crippen molar-refractivity contribution in [1.82, 2.24) is 19.5 Å². The first-order valence-electron chi connectivity index (χ1n) is 8.58. The van der Waals surface area contributed by atoms with E-state index in [1.807, 2.05) is 59.2 Å². The number of hydrogen-bond acceptors (Lipinski definition) is 5. The number of carbonyl (C=O) groups excluding carboxylic acids is 1. The number of benzene rings is 2. The normalized spacial score (nSPS) is 10.7. The minimum Gasteiger partial charge on any atom is -0.352 e. The van der Waals surface area contributed by atoms with Gasteiger partial charge in [0, 0.05) is 18.9 Å². The molecule has 1 amide bonds. The molecule has 2 heterocycles. The topological polar surface area (TPSA) is 84.7 Å². The summed E-state index contributed by atoms with van der Waals surface area (Å²) >= 11 is 0. The summed E-state index contributed by atoms with van der Waals surface area (Å²) in [5, 5.41) is 6.09. The standard InChI is InChI=1S/C20H18N6O/c27-19(25-18-13-21-10-11-22-18)14-26-17-9-5-4-8-16(17)24-20(26)23-12-15-6-2-1-3-7-15/h1-11,13H,12,14H2,(H,23,24)(H,22,25,27). The van der Waals surface area contributed by atoms with Gasteiger partial charge < -0.3 is 15.2 Å². The number of rotatable bonds is 6. The molecule has 4 aromatic rings. The lowest BCUT2D eigenvalue weighted by Crippen LogP contribution is -2.20. The van der Waals surface area contributed by atoms with Crippen molar-refractivity contribution in [2.75, 3.05) is 10.6 Å². The number of carbonyl (C=O) groups is 1. The molecule has 134 valence electrons. The first-order valence-corrected chi connectivity index (χ1v) is 8.58. The zero-order valence-corrected chi connectivity index (χ0v) is 14.5. The van der Waals surface area contributed by atoms with Gasteiger partial charge in [0.15, 0.2) is 5.82 Å². The quantitative estimate of drug-likeness (QED) is 0.553. The van der Waals surface area contributed by atoms with E-state index < -0.39 is 0 Å². The summed E-state index contributed by atoms with van der Waals surface area (Å²) in [6, 6.07) is 17.8. The number of hydrogen-bond donors (Lipinski definition) is 2. The number of aromatic nitrogens is 4. The predicted octanol–water partition coefficient (Wildman–Crippen LogP) is 3.08. The fourth-order valence-corrected chi connectivity index (χ4v) is 2.84. The van der Waals surface area contributed by atoms with E-state index >= 15 is 0 Å². The van der Waals surface area contributed by atoms with Crippen LogP contribution in [0.2, 0.25) is 0 Å². The van der Waals surface area contributed by atoms with Crippen molar-refractivity contribution in [1.29, 1.82) is 0 Å². The van der Waals surface area contributed by atoms with Gasteiger partial charge in [-0.15, -0.1) is 0 Å². The Morgan fingerprint density at radius 1 is 1.00 bits per heavy atom. The summed E-state index contributed by atoms with van der Waals surface area (Å²) in [4.78, 5) is 25.2. The van der Waals surface area contributed by atoms with Gasteiger partial charge in [0.1, 0.15) is 6.54 Å². The minimum absolute atomic E-state index is 0.119. The van der Waals surface area contributed by atoms with Crippen LogP contribution in [0.25, 0.3) is 11.0 Å². The lowest BCUT2D eigenvalue weighted by atomic mass is 10.2. The van der Waals surface area contributed by atoms with Crippen LogP contribution in [0.4, 0.5) is 11.8 Å². The summed E-state index contributed by atoms with van der Waals surface area (Å²) in [6.07, 6.45) is 4.61. The predicted molar refractivity (Wildman–Crippen MR) is 104 cm³/mol. The minimum atomic E-state index is -0.193. The molecule has 0 radical (unpaired) electrons. The molecule has 0 aliphatic carbocycles. The van der Waals surface area contributed by atoms with Crippen molar-refractivity contribution in [3.8, 4) is 0 Å². The Balaban J connectivity index is 1.57. The van der Waals surface area contributed by atoms with Gasteiger partial charge in [0.25, 0.3) is 0 Å². The molecule has 2 aromatic heterocycles. The highest BCUT2D eigenvalue weighted by Gasteiger charge is 2.14. The Morgan fingerprint density at radius 2 is 1.81 bits per heavy atom. The smallest absolute Gasteiger partial charge is 0.245 e. The second-order valence-electron chi connectivity index (χ2n) is 5.99. The summed E-state index contributed by atoms with van der Waals surface area (Å²) < 4.78 is 1.87. The first-order chi connectivity index (χ1) is 13.3. The second-order valence-corrected chi connectivity index (χ2v) is 5.99. The molecule has 0 unspecified atom stereocenters. The largest absolute Gasteiger partial charge is 0.352 e. The molecule has 0 aliphatic rings. The lowest BCUT2D eigenvalue weighted by Gasteiger charge is -2.11. The van der Waals surface area contributed by atoms with Crippen LogP contribution in [-0.4, -0.2) is 25.4 Å².